The summed E-state index contributed by atoms with van der Waals surface area (Å²) in [6.45, 7) is 4.57. The van der Waals surface area contributed by atoms with Crippen molar-refractivity contribution in [3.8, 4) is 0 Å². The summed E-state index contributed by atoms with van der Waals surface area (Å²) in [5, 5.41) is 0. The van der Waals surface area contributed by atoms with E-state index in [1.54, 1.807) is 0 Å². The summed E-state index contributed by atoms with van der Waals surface area (Å²) >= 11 is 0. The largest absolute Gasteiger partial charge is 0.462 e. The van der Waals surface area contributed by atoms with E-state index in [9.17, 15) is 4.79 Å². The Hall–Kier alpha value is -0.530. The van der Waals surface area contributed by atoms with Crippen LogP contribution in [0.3, 0.4) is 0 Å². The van der Waals surface area contributed by atoms with Crippen LogP contribution in [-0.4, -0.2) is 12.1 Å². The van der Waals surface area contributed by atoms with Gasteiger partial charge in [0.25, 0.3) is 0 Å². The first-order valence-electron chi connectivity index (χ1n) is 7.35. The summed E-state index contributed by atoms with van der Waals surface area (Å²) in [5.41, 5.74) is 0. The van der Waals surface area contributed by atoms with Crippen LogP contribution in [-0.2, 0) is 9.53 Å². The van der Waals surface area contributed by atoms with Crippen LogP contribution in [0, 0.1) is 17.8 Å². The van der Waals surface area contributed by atoms with Crippen molar-refractivity contribution in [1.82, 2.24) is 0 Å². The number of carbonyl (C=O) groups excluding carboxylic acids is 1. The van der Waals surface area contributed by atoms with Gasteiger partial charge in [0.1, 0.15) is 6.10 Å². The van der Waals surface area contributed by atoms with E-state index < -0.39 is 0 Å². The Labute approximate surface area is 115 Å². The Morgan fingerprint density at radius 3 is 1.83 bits per heavy atom. The van der Waals surface area contributed by atoms with Crippen molar-refractivity contribution in [3.05, 3.63) is 0 Å². The highest BCUT2D eigenvalue weighted by molar-refractivity contribution is 5.72. The molecule has 0 amide bonds. The van der Waals surface area contributed by atoms with E-state index >= 15 is 0 Å². The van der Waals surface area contributed by atoms with Gasteiger partial charge in [-0.15, -0.1) is 0 Å². The van der Waals surface area contributed by atoms with E-state index in [-0.39, 0.29) is 28.3 Å². The number of rotatable bonds is 2. The molecule has 0 atom stereocenters. The minimum atomic E-state index is 0. The fourth-order valence-electron chi connectivity index (χ4n) is 3.10. The molecule has 0 aromatic carbocycles. The van der Waals surface area contributed by atoms with Gasteiger partial charge < -0.3 is 4.74 Å². The van der Waals surface area contributed by atoms with Crippen molar-refractivity contribution in [3.63, 3.8) is 0 Å². The molecular weight excluding hydrogens is 224 g/mol. The third kappa shape index (κ3) is 4.29. The molecule has 0 aromatic rings. The molecule has 0 radical (unpaired) electrons. The molecule has 0 unspecified atom stereocenters. The summed E-state index contributed by atoms with van der Waals surface area (Å²) in [6.07, 6.45) is 9.30. The van der Waals surface area contributed by atoms with Gasteiger partial charge in [0, 0.05) is 2.85 Å². The third-order valence-electron chi connectivity index (χ3n) is 4.59. The first-order valence-corrected chi connectivity index (χ1v) is 7.35. The van der Waals surface area contributed by atoms with Gasteiger partial charge in [0.2, 0.25) is 0 Å². The number of hydrogen-bond donors (Lipinski definition) is 0. The lowest BCUT2D eigenvalue weighted by atomic mass is 9.83. The summed E-state index contributed by atoms with van der Waals surface area (Å²) < 4.78 is 5.68. The van der Waals surface area contributed by atoms with Crippen molar-refractivity contribution in [2.45, 2.75) is 78.7 Å². The van der Waals surface area contributed by atoms with Gasteiger partial charge in [-0.2, -0.15) is 0 Å². The molecule has 2 saturated carbocycles. The molecule has 0 spiro atoms. The zero-order valence-corrected chi connectivity index (χ0v) is 11.3. The SMILES string of the molecule is C.CC1CCC(OC(=O)C2CCC(C)CC2)CC1.[HH].[HH]. The van der Waals surface area contributed by atoms with E-state index in [0.29, 0.717) is 0 Å². The molecule has 0 bridgehead atoms. The number of carbonyl (C=O) groups is 1. The second kappa shape index (κ2) is 7.16. The second-order valence-corrected chi connectivity index (χ2v) is 6.28. The van der Waals surface area contributed by atoms with Gasteiger partial charge in [-0.3, -0.25) is 4.79 Å². The van der Waals surface area contributed by atoms with Crippen LogP contribution in [0.1, 0.15) is 75.5 Å². The maximum Gasteiger partial charge on any atom is 0.309 e. The first-order chi connectivity index (χ1) is 8.15. The van der Waals surface area contributed by atoms with Crippen molar-refractivity contribution in [2.75, 3.05) is 0 Å². The summed E-state index contributed by atoms with van der Waals surface area (Å²) in [4.78, 5) is 12.0. The van der Waals surface area contributed by atoms with Crippen molar-refractivity contribution >= 4 is 5.97 Å². The normalized spacial score (nSPS) is 36.6. The Balaban J connectivity index is 0. The molecule has 2 aliphatic carbocycles. The number of esters is 1. The van der Waals surface area contributed by atoms with Gasteiger partial charge in [0.05, 0.1) is 5.92 Å². The predicted molar refractivity (Wildman–Crippen MR) is 79.6 cm³/mol. The van der Waals surface area contributed by atoms with Crippen molar-refractivity contribution in [2.24, 2.45) is 17.8 Å². The molecule has 0 aromatic heterocycles. The van der Waals surface area contributed by atoms with Crippen molar-refractivity contribution < 1.29 is 12.4 Å². The molecule has 2 nitrogen and oxygen atoms in total. The van der Waals surface area contributed by atoms with Gasteiger partial charge in [0.15, 0.2) is 0 Å². The van der Waals surface area contributed by atoms with Gasteiger partial charge >= 0.3 is 5.97 Å². The number of hydrogen-bond acceptors (Lipinski definition) is 2. The topological polar surface area (TPSA) is 26.3 Å². The Morgan fingerprint density at radius 2 is 1.33 bits per heavy atom. The highest BCUT2D eigenvalue weighted by atomic mass is 16.5. The predicted octanol–water partition coefficient (Wildman–Crippen LogP) is 5.06. The van der Waals surface area contributed by atoms with Crippen LogP contribution in [0.25, 0.3) is 0 Å². The van der Waals surface area contributed by atoms with Crippen molar-refractivity contribution in [1.29, 1.82) is 0 Å². The van der Waals surface area contributed by atoms with E-state index in [1.807, 2.05) is 0 Å². The minimum absolute atomic E-state index is 0. The average Bonchev–Trinajstić information content (AvgIpc) is 2.33. The van der Waals surface area contributed by atoms with Crippen LogP contribution in [0.2, 0.25) is 0 Å². The maximum atomic E-state index is 12.0. The maximum absolute atomic E-state index is 12.0. The zero-order chi connectivity index (χ0) is 12.3. The fraction of sp³-hybridized carbons (Fsp3) is 0.938. The lowest BCUT2D eigenvalue weighted by molar-refractivity contribution is -0.157. The van der Waals surface area contributed by atoms with E-state index in [1.165, 1.54) is 25.7 Å². The summed E-state index contributed by atoms with van der Waals surface area (Å²) in [6, 6.07) is 0. The molecule has 2 rings (SSSR count). The lowest BCUT2D eigenvalue weighted by Crippen LogP contribution is -2.29. The average molecular weight is 258 g/mol. The Bertz CT molecular complexity index is 255. The summed E-state index contributed by atoms with van der Waals surface area (Å²) in [7, 11) is 0. The second-order valence-electron chi connectivity index (χ2n) is 6.28. The minimum Gasteiger partial charge on any atom is -0.462 e. The standard InChI is InChI=1S/C15H26O2.CH4.2H2/c1-11-3-7-13(8-4-11)15(16)17-14-9-5-12(2)6-10-14;;;/h11-14H,3-10H2,1-2H3;1H4;2*1H. The van der Waals surface area contributed by atoms with E-state index in [2.05, 4.69) is 13.8 Å². The molecule has 2 aliphatic rings. The van der Waals surface area contributed by atoms with Crippen LogP contribution >= 0.6 is 0 Å². The molecule has 0 N–H and O–H groups in total. The molecular formula is C16H34O2. The number of ether oxygens (including phenoxy) is 1. The molecule has 0 saturated heterocycles. The van der Waals surface area contributed by atoms with Gasteiger partial charge in [-0.25, -0.2) is 0 Å². The summed E-state index contributed by atoms with van der Waals surface area (Å²) in [5.74, 6) is 1.91. The highest BCUT2D eigenvalue weighted by Crippen LogP contribution is 2.31. The quantitative estimate of drug-likeness (QED) is 0.647. The van der Waals surface area contributed by atoms with Crippen LogP contribution in [0.5, 0.6) is 0 Å². The van der Waals surface area contributed by atoms with Crippen LogP contribution in [0.15, 0.2) is 0 Å². The molecule has 110 valence electrons. The fourth-order valence-corrected chi connectivity index (χ4v) is 3.10. The molecule has 2 fully saturated rings. The monoisotopic (exact) mass is 258 g/mol. The Kier molecular flexibility index (Phi) is 6.17. The molecule has 0 aliphatic heterocycles. The highest BCUT2D eigenvalue weighted by Gasteiger charge is 2.28. The molecule has 2 heteroatoms. The van der Waals surface area contributed by atoms with Gasteiger partial charge in [-0.05, 0) is 63.2 Å². The Morgan fingerprint density at radius 1 is 0.889 bits per heavy atom. The molecule has 0 heterocycles. The van der Waals surface area contributed by atoms with Crippen LogP contribution in [0.4, 0.5) is 0 Å². The van der Waals surface area contributed by atoms with Crippen LogP contribution < -0.4 is 0 Å². The van der Waals surface area contributed by atoms with E-state index in [4.69, 9.17) is 4.74 Å². The van der Waals surface area contributed by atoms with E-state index in [0.717, 1.165) is 37.5 Å². The van der Waals surface area contributed by atoms with Gasteiger partial charge in [-0.1, -0.05) is 21.3 Å². The molecule has 18 heavy (non-hydrogen) atoms. The smallest absolute Gasteiger partial charge is 0.309 e. The lowest BCUT2D eigenvalue weighted by Gasteiger charge is -2.29. The zero-order valence-electron chi connectivity index (χ0n) is 11.3. The third-order valence-corrected chi connectivity index (χ3v) is 4.59. The first kappa shape index (κ1) is 15.5.